The van der Waals surface area contributed by atoms with Gasteiger partial charge in [-0.1, -0.05) is 84.9 Å². The van der Waals surface area contributed by atoms with Crippen molar-refractivity contribution >= 4 is 34.9 Å². The molecule has 2 aliphatic rings. The van der Waals surface area contributed by atoms with Crippen molar-refractivity contribution in [1.82, 2.24) is 20.9 Å². The first-order valence-corrected chi connectivity index (χ1v) is 21.3. The van der Waals surface area contributed by atoms with Crippen molar-refractivity contribution in [2.75, 3.05) is 66.7 Å². The van der Waals surface area contributed by atoms with Crippen LogP contribution in [0.4, 0.5) is 9.59 Å². The lowest BCUT2D eigenvalue weighted by molar-refractivity contribution is 0.0642. The number of nitrogens with one attached hydrogen (secondary N) is 3. The minimum atomic E-state index is -0.738. The van der Waals surface area contributed by atoms with E-state index >= 15 is 0 Å². The van der Waals surface area contributed by atoms with Gasteiger partial charge in [-0.25, -0.2) is 9.59 Å². The summed E-state index contributed by atoms with van der Waals surface area (Å²) < 4.78 is 20.0. The summed E-state index contributed by atoms with van der Waals surface area (Å²) in [5.41, 5.74) is 2.92. The minimum Gasteiger partial charge on any atom is -0.496 e. The highest BCUT2D eigenvalue weighted by atomic mass is 35.5. The zero-order valence-corrected chi connectivity index (χ0v) is 36.6. The van der Waals surface area contributed by atoms with Gasteiger partial charge in [-0.15, -0.1) is 0 Å². The Bertz CT molecular complexity index is 1950. The number of likely N-dealkylation sites (tertiary alicyclic amines) is 1. The fourth-order valence-corrected chi connectivity index (χ4v) is 7.84. The Hall–Kier alpha value is -5.59. The molecule has 2 heterocycles. The van der Waals surface area contributed by atoms with Crippen molar-refractivity contribution in [2.45, 2.75) is 52.4 Å². The van der Waals surface area contributed by atoms with Crippen LogP contribution in [0.15, 0.2) is 109 Å². The molecule has 3 N–H and O–H groups in total. The van der Waals surface area contributed by atoms with E-state index in [0.29, 0.717) is 62.0 Å². The summed E-state index contributed by atoms with van der Waals surface area (Å²) in [6.07, 6.45) is 5.30. The van der Waals surface area contributed by atoms with E-state index in [2.05, 4.69) is 57.1 Å². The fourth-order valence-electron chi connectivity index (χ4n) is 7.73. The average Bonchev–Trinajstić information content (AvgIpc) is 3.29. The van der Waals surface area contributed by atoms with Gasteiger partial charge in [0.15, 0.2) is 0 Å². The molecule has 0 atom stereocenters. The first-order valence-electron chi connectivity index (χ1n) is 20.9. The van der Waals surface area contributed by atoms with Crippen molar-refractivity contribution < 1.29 is 38.1 Å². The van der Waals surface area contributed by atoms with Crippen molar-refractivity contribution in [2.24, 2.45) is 10.8 Å². The fraction of sp³-hybridized carbons (Fsp3) is 0.417. The standard InChI is InChI=1S/C24H30N2O4.C21H26N2O2.C3H5ClO2/c1-3-30-23(28)26-15-13-24(14-16-26,17-19-9-5-4-6-10-19)18-25-22(27)20-11-7-8-12-21(20)29-2;1-25-19-10-6-5-9-18(19)20(24)23-16-21(11-13-22-14-12-21)15-17-7-3-2-4-8-17;1-2-6-3(4)5/h4-12H,3,13-18H2,1-2H3,(H,25,27);2-10,22H,11-16H2,1H3,(H,23,24);2H2,1H3. The Morgan fingerprint density at radius 1 is 0.607 bits per heavy atom. The number of amides is 3. The Morgan fingerprint density at radius 3 is 1.41 bits per heavy atom. The van der Waals surface area contributed by atoms with E-state index in [4.69, 9.17) is 25.8 Å². The van der Waals surface area contributed by atoms with Gasteiger partial charge in [-0.05, 0) is 112 Å². The maximum atomic E-state index is 12.8. The van der Waals surface area contributed by atoms with Crippen molar-refractivity contribution in [1.29, 1.82) is 0 Å². The van der Waals surface area contributed by atoms with Gasteiger partial charge in [0, 0.05) is 37.8 Å². The summed E-state index contributed by atoms with van der Waals surface area (Å²) in [5.74, 6) is 0.961. The van der Waals surface area contributed by atoms with Gasteiger partial charge in [0.1, 0.15) is 11.5 Å². The first kappa shape index (κ1) is 48.1. The summed E-state index contributed by atoms with van der Waals surface area (Å²) >= 11 is 4.72. The number of halogens is 1. The molecule has 0 radical (unpaired) electrons. The third-order valence-corrected chi connectivity index (χ3v) is 11.2. The molecule has 328 valence electrons. The zero-order chi connectivity index (χ0) is 43.9. The van der Waals surface area contributed by atoms with Crippen LogP contribution in [0.25, 0.3) is 0 Å². The number of ether oxygens (including phenoxy) is 4. The van der Waals surface area contributed by atoms with Crippen LogP contribution in [0.3, 0.4) is 0 Å². The molecule has 3 amide bonds. The number of hydrogen-bond acceptors (Lipinski definition) is 9. The largest absolute Gasteiger partial charge is 0.496 e. The molecule has 4 aromatic carbocycles. The Kier molecular flexibility index (Phi) is 19.9. The van der Waals surface area contributed by atoms with Gasteiger partial charge in [0.2, 0.25) is 0 Å². The molecule has 0 bridgehead atoms. The van der Waals surface area contributed by atoms with Crippen molar-refractivity contribution in [3.05, 3.63) is 131 Å². The Morgan fingerprint density at radius 2 is 1.02 bits per heavy atom. The number of rotatable bonds is 14. The average molecular weight is 857 g/mol. The van der Waals surface area contributed by atoms with Gasteiger partial charge < -0.3 is 39.8 Å². The van der Waals surface area contributed by atoms with E-state index < -0.39 is 5.43 Å². The summed E-state index contributed by atoms with van der Waals surface area (Å²) in [4.78, 5) is 49.0. The lowest BCUT2D eigenvalue weighted by Gasteiger charge is -2.41. The van der Waals surface area contributed by atoms with E-state index in [1.807, 2.05) is 61.5 Å². The molecule has 61 heavy (non-hydrogen) atoms. The molecule has 0 aromatic heterocycles. The quantitative estimate of drug-likeness (QED) is 0.107. The number of hydrogen-bond donors (Lipinski definition) is 3. The lowest BCUT2D eigenvalue weighted by atomic mass is 9.73. The summed E-state index contributed by atoms with van der Waals surface area (Å²) in [6.45, 7) is 8.69. The topological polar surface area (TPSA) is 145 Å². The third-order valence-electron chi connectivity index (χ3n) is 11.1. The molecule has 0 spiro atoms. The molecule has 2 aliphatic heterocycles. The second kappa shape index (κ2) is 25.2. The number of piperidine rings is 2. The molecule has 0 unspecified atom stereocenters. The predicted octanol–water partition coefficient (Wildman–Crippen LogP) is 8.33. The number of para-hydroxylation sites is 2. The molecular formula is C48H61ClN4O8. The van der Waals surface area contributed by atoms with E-state index in [1.54, 1.807) is 44.2 Å². The number of nitrogens with zero attached hydrogens (tertiary/aromatic N) is 1. The van der Waals surface area contributed by atoms with E-state index in [-0.39, 0.29) is 28.7 Å². The molecule has 2 saturated heterocycles. The Balaban J connectivity index is 0.000000240. The second-order valence-electron chi connectivity index (χ2n) is 15.2. The summed E-state index contributed by atoms with van der Waals surface area (Å²) in [5, 5.41) is 9.71. The predicted molar refractivity (Wildman–Crippen MR) is 239 cm³/mol. The molecule has 0 aliphatic carbocycles. The van der Waals surface area contributed by atoms with Gasteiger partial charge in [-0.3, -0.25) is 9.59 Å². The smallest absolute Gasteiger partial charge is 0.409 e. The van der Waals surface area contributed by atoms with Crippen molar-refractivity contribution in [3.63, 3.8) is 0 Å². The maximum absolute atomic E-state index is 12.8. The second-order valence-corrected chi connectivity index (χ2v) is 15.5. The molecule has 0 saturated carbocycles. The highest BCUT2D eigenvalue weighted by molar-refractivity contribution is 6.61. The van der Waals surface area contributed by atoms with Crippen molar-refractivity contribution in [3.8, 4) is 11.5 Å². The van der Waals surface area contributed by atoms with Crippen LogP contribution in [-0.4, -0.2) is 94.9 Å². The minimum absolute atomic E-state index is 0.0663. The summed E-state index contributed by atoms with van der Waals surface area (Å²) in [6, 6.07) is 35.4. The first-order chi connectivity index (χ1) is 29.6. The highest BCUT2D eigenvalue weighted by Crippen LogP contribution is 2.36. The lowest BCUT2D eigenvalue weighted by Crippen LogP contribution is -2.49. The number of carbonyl (C=O) groups excluding carboxylic acids is 4. The van der Waals surface area contributed by atoms with Gasteiger partial charge in [0.05, 0.1) is 38.6 Å². The number of benzene rings is 4. The van der Waals surface area contributed by atoms with Crippen LogP contribution in [0.5, 0.6) is 11.5 Å². The Labute approximate surface area is 365 Å². The van der Waals surface area contributed by atoms with E-state index in [1.165, 1.54) is 11.1 Å². The van der Waals surface area contributed by atoms with Gasteiger partial charge >= 0.3 is 11.5 Å². The maximum Gasteiger partial charge on any atom is 0.409 e. The zero-order valence-electron chi connectivity index (χ0n) is 35.9. The number of carbonyl (C=O) groups is 4. The van der Waals surface area contributed by atoms with Gasteiger partial charge in [0.25, 0.3) is 11.8 Å². The third kappa shape index (κ3) is 15.4. The molecule has 6 rings (SSSR count). The van der Waals surface area contributed by atoms with Crippen LogP contribution in [0.2, 0.25) is 0 Å². The van der Waals surface area contributed by atoms with Crippen LogP contribution < -0.4 is 25.4 Å². The summed E-state index contributed by atoms with van der Waals surface area (Å²) in [7, 11) is 3.16. The molecule has 13 heteroatoms. The normalized spacial score (nSPS) is 14.9. The molecular weight excluding hydrogens is 796 g/mol. The van der Waals surface area contributed by atoms with Gasteiger partial charge in [-0.2, -0.15) is 0 Å². The molecule has 2 fully saturated rings. The van der Waals surface area contributed by atoms with Crippen LogP contribution in [0, 0.1) is 10.8 Å². The van der Waals surface area contributed by atoms with Crippen LogP contribution in [-0.2, 0) is 22.3 Å². The van der Waals surface area contributed by atoms with Crippen LogP contribution >= 0.6 is 11.6 Å². The molecule has 12 nitrogen and oxygen atoms in total. The van der Waals surface area contributed by atoms with E-state index in [0.717, 1.165) is 51.6 Å². The monoisotopic (exact) mass is 856 g/mol. The molecule has 4 aromatic rings. The van der Waals surface area contributed by atoms with E-state index in [9.17, 15) is 19.2 Å². The highest BCUT2D eigenvalue weighted by Gasteiger charge is 2.37. The number of methoxy groups -OCH3 is 2. The van der Waals surface area contributed by atoms with Crippen LogP contribution in [0.1, 0.15) is 71.4 Å². The SMILES string of the molecule is CCOC(=O)Cl.CCOC(=O)N1CCC(CNC(=O)c2ccccc2OC)(Cc2ccccc2)CC1.COc1ccccc1C(=O)NCC1(Cc2ccccc2)CCNCC1.